The Balaban J connectivity index is 2.94. The minimum absolute atomic E-state index is 0.304. The van der Waals surface area contributed by atoms with Crippen molar-refractivity contribution in [3.63, 3.8) is 0 Å². The van der Waals surface area contributed by atoms with Gasteiger partial charge in [0.1, 0.15) is 5.75 Å². The van der Waals surface area contributed by atoms with Gasteiger partial charge in [0.2, 0.25) is 0 Å². The second-order valence-electron chi connectivity index (χ2n) is 3.19. The third-order valence-electron chi connectivity index (χ3n) is 2.29. The number of hydrogen-bond donors (Lipinski definition) is 1. The summed E-state index contributed by atoms with van der Waals surface area (Å²) in [6, 6.07) is 7.82. The van der Waals surface area contributed by atoms with E-state index in [1.54, 1.807) is 0 Å². The molecule has 66 valence electrons. The first-order chi connectivity index (χ1) is 6.20. The Morgan fingerprint density at radius 3 is 2.62 bits per heavy atom. The first-order valence-electron chi connectivity index (χ1n) is 4.25. The van der Waals surface area contributed by atoms with Crippen molar-refractivity contribution < 1.29 is 5.11 Å². The Kier molecular flexibility index (Phi) is 1.69. The van der Waals surface area contributed by atoms with Gasteiger partial charge in [-0.2, -0.15) is 0 Å². The van der Waals surface area contributed by atoms with Gasteiger partial charge in [0.15, 0.2) is 0 Å². The molecule has 2 aromatic rings. The van der Waals surface area contributed by atoms with Crippen molar-refractivity contribution in [1.82, 2.24) is 4.98 Å². The molecule has 0 aliphatic heterocycles. The van der Waals surface area contributed by atoms with Gasteiger partial charge in [-0.1, -0.05) is 18.2 Å². The largest absolute Gasteiger partial charge is 0.506 e. The molecule has 0 bridgehead atoms. The highest BCUT2D eigenvalue weighted by Gasteiger charge is 2.06. The fraction of sp³-hybridized carbons (Fsp3) is 0.182. The number of para-hydroxylation sites is 1. The van der Waals surface area contributed by atoms with E-state index in [0.29, 0.717) is 11.4 Å². The summed E-state index contributed by atoms with van der Waals surface area (Å²) >= 11 is 0. The van der Waals surface area contributed by atoms with E-state index in [2.05, 4.69) is 4.98 Å². The second kappa shape index (κ2) is 2.73. The summed E-state index contributed by atoms with van der Waals surface area (Å²) in [6.45, 7) is 3.72. The van der Waals surface area contributed by atoms with Gasteiger partial charge in [0.05, 0.1) is 11.2 Å². The van der Waals surface area contributed by atoms with Gasteiger partial charge in [-0.3, -0.25) is 0 Å². The van der Waals surface area contributed by atoms with Crippen LogP contribution in [0.25, 0.3) is 10.9 Å². The molecule has 2 nitrogen and oxygen atoms in total. The van der Waals surface area contributed by atoms with Crippen LogP contribution in [0.1, 0.15) is 11.3 Å². The van der Waals surface area contributed by atoms with E-state index in [-0.39, 0.29) is 0 Å². The van der Waals surface area contributed by atoms with E-state index in [0.717, 1.165) is 16.5 Å². The van der Waals surface area contributed by atoms with Crippen LogP contribution < -0.4 is 0 Å². The number of nitrogens with zero attached hydrogens (tertiary/aromatic N) is 1. The zero-order valence-electron chi connectivity index (χ0n) is 7.70. The molecule has 0 fully saturated rings. The van der Waals surface area contributed by atoms with Gasteiger partial charge in [-0.25, -0.2) is 4.98 Å². The molecule has 13 heavy (non-hydrogen) atoms. The topological polar surface area (TPSA) is 33.1 Å². The van der Waals surface area contributed by atoms with Gasteiger partial charge in [-0.05, 0) is 19.9 Å². The summed E-state index contributed by atoms with van der Waals surface area (Å²) in [7, 11) is 0. The number of benzene rings is 1. The Bertz CT molecular complexity index is 463. The number of fused-ring (bicyclic) bond motifs is 1. The SMILES string of the molecule is Cc1nc2ccccc2c(C)c1O. The molecule has 1 aromatic heterocycles. The number of aromatic hydroxyl groups is 1. The maximum Gasteiger partial charge on any atom is 0.140 e. The van der Waals surface area contributed by atoms with Crippen LogP contribution in [-0.2, 0) is 0 Å². The maximum absolute atomic E-state index is 9.64. The molecular weight excluding hydrogens is 162 g/mol. The monoisotopic (exact) mass is 173 g/mol. The Morgan fingerprint density at radius 1 is 1.15 bits per heavy atom. The standard InChI is InChI=1S/C11H11NO/c1-7-9-5-3-4-6-10(9)12-8(2)11(7)13/h3-6,13H,1-2H3. The van der Waals surface area contributed by atoms with Crippen molar-refractivity contribution in [2.75, 3.05) is 0 Å². The molecule has 0 radical (unpaired) electrons. The average Bonchev–Trinajstić information content (AvgIpc) is 2.15. The minimum atomic E-state index is 0.304. The zero-order valence-corrected chi connectivity index (χ0v) is 7.70. The van der Waals surface area contributed by atoms with Crippen LogP contribution >= 0.6 is 0 Å². The lowest BCUT2D eigenvalue weighted by Gasteiger charge is -2.06. The van der Waals surface area contributed by atoms with Crippen LogP contribution in [0.3, 0.4) is 0 Å². The van der Waals surface area contributed by atoms with Crippen molar-refractivity contribution in [3.8, 4) is 5.75 Å². The first kappa shape index (κ1) is 8.05. The summed E-state index contributed by atoms with van der Waals surface area (Å²) in [5.41, 5.74) is 2.54. The van der Waals surface area contributed by atoms with E-state index in [1.807, 2.05) is 38.1 Å². The van der Waals surface area contributed by atoms with Crippen LogP contribution in [0.2, 0.25) is 0 Å². The van der Waals surface area contributed by atoms with Gasteiger partial charge in [0.25, 0.3) is 0 Å². The minimum Gasteiger partial charge on any atom is -0.506 e. The molecule has 0 saturated carbocycles. The molecule has 0 aliphatic rings. The summed E-state index contributed by atoms with van der Waals surface area (Å²) in [6.07, 6.45) is 0. The summed E-state index contributed by atoms with van der Waals surface area (Å²) in [5, 5.41) is 10.7. The molecule has 0 saturated heterocycles. The van der Waals surface area contributed by atoms with Gasteiger partial charge in [0, 0.05) is 10.9 Å². The highest BCUT2D eigenvalue weighted by Crippen LogP contribution is 2.26. The molecule has 0 unspecified atom stereocenters. The van der Waals surface area contributed by atoms with Crippen LogP contribution in [-0.4, -0.2) is 10.1 Å². The molecule has 1 aromatic carbocycles. The smallest absolute Gasteiger partial charge is 0.140 e. The molecule has 0 aliphatic carbocycles. The number of aromatic nitrogens is 1. The molecule has 2 heteroatoms. The molecule has 0 atom stereocenters. The Labute approximate surface area is 76.9 Å². The fourth-order valence-corrected chi connectivity index (χ4v) is 1.52. The summed E-state index contributed by atoms with van der Waals surface area (Å²) in [5.74, 6) is 0.304. The quantitative estimate of drug-likeness (QED) is 0.664. The number of rotatable bonds is 0. The van der Waals surface area contributed by atoms with Crippen molar-refractivity contribution in [2.45, 2.75) is 13.8 Å². The summed E-state index contributed by atoms with van der Waals surface area (Å²) < 4.78 is 0. The van der Waals surface area contributed by atoms with Crippen LogP contribution in [0.5, 0.6) is 5.75 Å². The lowest BCUT2D eigenvalue weighted by atomic mass is 10.1. The predicted molar refractivity (Wildman–Crippen MR) is 52.9 cm³/mol. The molecule has 0 amide bonds. The first-order valence-corrected chi connectivity index (χ1v) is 4.25. The highest BCUT2D eigenvalue weighted by atomic mass is 16.3. The second-order valence-corrected chi connectivity index (χ2v) is 3.19. The lowest BCUT2D eigenvalue weighted by molar-refractivity contribution is 0.465. The van der Waals surface area contributed by atoms with Gasteiger partial charge in [-0.15, -0.1) is 0 Å². The lowest BCUT2D eigenvalue weighted by Crippen LogP contribution is -1.88. The number of pyridine rings is 1. The Hall–Kier alpha value is -1.57. The van der Waals surface area contributed by atoms with Crippen LogP contribution in [0.4, 0.5) is 0 Å². The normalized spacial score (nSPS) is 10.6. The van der Waals surface area contributed by atoms with Crippen molar-refractivity contribution >= 4 is 10.9 Å². The molecule has 1 heterocycles. The maximum atomic E-state index is 9.64. The molecular formula is C11H11NO. The third-order valence-corrected chi connectivity index (χ3v) is 2.29. The average molecular weight is 173 g/mol. The van der Waals surface area contributed by atoms with E-state index < -0.39 is 0 Å². The van der Waals surface area contributed by atoms with Crippen molar-refractivity contribution in [2.24, 2.45) is 0 Å². The van der Waals surface area contributed by atoms with Crippen LogP contribution in [0.15, 0.2) is 24.3 Å². The van der Waals surface area contributed by atoms with Gasteiger partial charge < -0.3 is 5.11 Å². The highest BCUT2D eigenvalue weighted by molar-refractivity contribution is 5.84. The van der Waals surface area contributed by atoms with E-state index in [1.165, 1.54) is 0 Å². The Morgan fingerprint density at radius 2 is 1.85 bits per heavy atom. The third kappa shape index (κ3) is 1.15. The zero-order chi connectivity index (χ0) is 9.42. The summed E-state index contributed by atoms with van der Waals surface area (Å²) in [4.78, 5) is 4.29. The van der Waals surface area contributed by atoms with Crippen LogP contribution in [0, 0.1) is 13.8 Å². The van der Waals surface area contributed by atoms with E-state index >= 15 is 0 Å². The fourth-order valence-electron chi connectivity index (χ4n) is 1.52. The van der Waals surface area contributed by atoms with E-state index in [9.17, 15) is 5.11 Å². The van der Waals surface area contributed by atoms with Crippen molar-refractivity contribution in [1.29, 1.82) is 0 Å². The predicted octanol–water partition coefficient (Wildman–Crippen LogP) is 2.56. The van der Waals surface area contributed by atoms with Crippen molar-refractivity contribution in [3.05, 3.63) is 35.5 Å². The number of aryl methyl sites for hydroxylation is 2. The van der Waals surface area contributed by atoms with Gasteiger partial charge >= 0.3 is 0 Å². The molecule has 0 spiro atoms. The molecule has 2 rings (SSSR count). The molecule has 1 N–H and O–H groups in total. The van der Waals surface area contributed by atoms with E-state index in [4.69, 9.17) is 0 Å². The number of hydrogen-bond acceptors (Lipinski definition) is 2.